The molecule has 1 rings (SSSR count). The molecule has 0 aliphatic rings. The lowest BCUT2D eigenvalue weighted by Gasteiger charge is -2.09. The minimum atomic E-state index is -3.66. The van der Waals surface area contributed by atoms with Crippen LogP contribution in [0.1, 0.15) is 19.4 Å². The van der Waals surface area contributed by atoms with Crippen molar-refractivity contribution in [3.8, 4) is 0 Å². The van der Waals surface area contributed by atoms with Crippen molar-refractivity contribution < 1.29 is 17.6 Å². The van der Waals surface area contributed by atoms with Gasteiger partial charge in [0.25, 0.3) is 0 Å². The van der Waals surface area contributed by atoms with Gasteiger partial charge in [-0.15, -0.1) is 0 Å². The first-order valence-electron chi connectivity index (χ1n) is 6.27. The number of hydrogen-bond donors (Lipinski definition) is 2. The van der Waals surface area contributed by atoms with E-state index in [-0.39, 0.29) is 18.2 Å². The second-order valence-corrected chi connectivity index (χ2v) is 6.71. The van der Waals surface area contributed by atoms with Crippen LogP contribution in [0.25, 0.3) is 0 Å². The van der Waals surface area contributed by atoms with Crippen molar-refractivity contribution >= 4 is 15.9 Å². The Labute approximate surface area is 118 Å². The van der Waals surface area contributed by atoms with Crippen molar-refractivity contribution in [1.29, 1.82) is 0 Å². The molecule has 0 radical (unpaired) electrons. The van der Waals surface area contributed by atoms with E-state index >= 15 is 0 Å². The number of hydrogen-bond acceptors (Lipinski definition) is 3. The Hall–Kier alpha value is -1.47. The third-order valence-corrected chi connectivity index (χ3v) is 3.70. The first-order valence-corrected chi connectivity index (χ1v) is 7.92. The van der Waals surface area contributed by atoms with Crippen molar-refractivity contribution in [1.82, 2.24) is 10.0 Å². The van der Waals surface area contributed by atoms with Gasteiger partial charge in [-0.2, -0.15) is 0 Å². The monoisotopic (exact) mass is 302 g/mol. The standard InChI is InChI=1S/C13H19FN2O3S/c1-10(2)7-15-13(17)8-16-20(18,19)9-11-4-3-5-12(14)6-11/h3-6,10,16H,7-9H2,1-2H3,(H,15,17). The zero-order valence-electron chi connectivity index (χ0n) is 11.5. The molecule has 0 aliphatic heterocycles. The van der Waals surface area contributed by atoms with Gasteiger partial charge in [0, 0.05) is 6.54 Å². The molecular weight excluding hydrogens is 283 g/mol. The molecule has 0 fully saturated rings. The molecule has 0 saturated heterocycles. The maximum Gasteiger partial charge on any atom is 0.235 e. The summed E-state index contributed by atoms with van der Waals surface area (Å²) in [5, 5.41) is 2.60. The number of sulfonamides is 1. The van der Waals surface area contributed by atoms with Crippen molar-refractivity contribution in [2.45, 2.75) is 19.6 Å². The molecule has 112 valence electrons. The fourth-order valence-corrected chi connectivity index (χ4v) is 2.52. The average Bonchev–Trinajstić information content (AvgIpc) is 2.33. The number of nitrogens with one attached hydrogen (secondary N) is 2. The van der Waals surface area contributed by atoms with Gasteiger partial charge in [0.1, 0.15) is 5.82 Å². The minimum Gasteiger partial charge on any atom is -0.355 e. The number of carbonyl (C=O) groups excluding carboxylic acids is 1. The molecule has 0 aromatic heterocycles. The first-order chi connectivity index (χ1) is 9.28. The van der Waals surface area contributed by atoms with Crippen molar-refractivity contribution in [3.05, 3.63) is 35.6 Å². The molecule has 0 aliphatic carbocycles. The molecule has 1 aromatic rings. The third kappa shape index (κ3) is 6.63. The molecule has 2 N–H and O–H groups in total. The van der Waals surface area contributed by atoms with Crippen LogP contribution in [0.5, 0.6) is 0 Å². The summed E-state index contributed by atoms with van der Waals surface area (Å²) in [4.78, 5) is 11.4. The summed E-state index contributed by atoms with van der Waals surface area (Å²) >= 11 is 0. The van der Waals surface area contributed by atoms with E-state index in [2.05, 4.69) is 10.0 Å². The molecular formula is C13H19FN2O3S. The number of rotatable bonds is 7. The highest BCUT2D eigenvalue weighted by molar-refractivity contribution is 7.88. The molecule has 0 bridgehead atoms. The summed E-state index contributed by atoms with van der Waals surface area (Å²) in [5.74, 6) is -0.945. The summed E-state index contributed by atoms with van der Waals surface area (Å²) in [6.45, 7) is 4.05. The zero-order chi connectivity index (χ0) is 15.2. The largest absolute Gasteiger partial charge is 0.355 e. The van der Waals surface area contributed by atoms with E-state index in [1.165, 1.54) is 18.2 Å². The van der Waals surface area contributed by atoms with Gasteiger partial charge in [0.15, 0.2) is 0 Å². The van der Waals surface area contributed by atoms with E-state index in [9.17, 15) is 17.6 Å². The Morgan fingerprint density at radius 3 is 2.65 bits per heavy atom. The molecule has 0 atom stereocenters. The smallest absolute Gasteiger partial charge is 0.235 e. The lowest BCUT2D eigenvalue weighted by Crippen LogP contribution is -2.38. The lowest BCUT2D eigenvalue weighted by molar-refractivity contribution is -0.120. The predicted octanol–water partition coefficient (Wildman–Crippen LogP) is 1.02. The predicted molar refractivity (Wildman–Crippen MR) is 74.9 cm³/mol. The zero-order valence-corrected chi connectivity index (χ0v) is 12.3. The highest BCUT2D eigenvalue weighted by Crippen LogP contribution is 2.07. The highest BCUT2D eigenvalue weighted by atomic mass is 32.2. The average molecular weight is 302 g/mol. The SMILES string of the molecule is CC(C)CNC(=O)CNS(=O)(=O)Cc1cccc(F)c1. The van der Waals surface area contributed by atoms with Gasteiger partial charge in [-0.05, 0) is 23.6 Å². The Bertz CT molecular complexity index is 558. The maximum atomic E-state index is 13.0. The van der Waals surface area contributed by atoms with Crippen LogP contribution >= 0.6 is 0 Å². The van der Waals surface area contributed by atoms with Crippen LogP contribution in [0.4, 0.5) is 4.39 Å². The van der Waals surface area contributed by atoms with Crippen LogP contribution in [0.15, 0.2) is 24.3 Å². The number of halogens is 1. The summed E-state index contributed by atoms with van der Waals surface area (Å²) in [7, 11) is -3.66. The van der Waals surface area contributed by atoms with E-state index in [0.717, 1.165) is 6.07 Å². The fraction of sp³-hybridized carbons (Fsp3) is 0.462. The molecule has 20 heavy (non-hydrogen) atoms. The van der Waals surface area contributed by atoms with Crippen LogP contribution in [-0.2, 0) is 20.6 Å². The van der Waals surface area contributed by atoms with Gasteiger partial charge < -0.3 is 5.32 Å². The van der Waals surface area contributed by atoms with Crippen LogP contribution in [0.2, 0.25) is 0 Å². The number of amides is 1. The quantitative estimate of drug-likeness (QED) is 0.789. The maximum absolute atomic E-state index is 13.0. The highest BCUT2D eigenvalue weighted by Gasteiger charge is 2.13. The van der Waals surface area contributed by atoms with E-state index in [1.807, 2.05) is 13.8 Å². The number of carbonyl (C=O) groups is 1. The van der Waals surface area contributed by atoms with Gasteiger partial charge in [0.2, 0.25) is 15.9 Å². The molecule has 0 unspecified atom stereocenters. The Morgan fingerprint density at radius 2 is 2.05 bits per heavy atom. The van der Waals surface area contributed by atoms with E-state index in [1.54, 1.807) is 0 Å². The Balaban J connectivity index is 2.48. The van der Waals surface area contributed by atoms with E-state index < -0.39 is 15.8 Å². The molecule has 1 amide bonds. The fourth-order valence-electron chi connectivity index (χ4n) is 1.45. The van der Waals surface area contributed by atoms with Crippen LogP contribution in [0.3, 0.4) is 0 Å². The van der Waals surface area contributed by atoms with Gasteiger partial charge >= 0.3 is 0 Å². The van der Waals surface area contributed by atoms with Crippen LogP contribution in [0, 0.1) is 11.7 Å². The summed E-state index contributed by atoms with van der Waals surface area (Å²) < 4.78 is 38.6. The lowest BCUT2D eigenvalue weighted by atomic mass is 10.2. The third-order valence-electron chi connectivity index (χ3n) is 2.41. The van der Waals surface area contributed by atoms with Gasteiger partial charge in [-0.1, -0.05) is 26.0 Å². The summed E-state index contributed by atoms with van der Waals surface area (Å²) in [5.41, 5.74) is 0.333. The molecule has 0 saturated carbocycles. The summed E-state index contributed by atoms with van der Waals surface area (Å²) in [6.07, 6.45) is 0. The number of benzene rings is 1. The first kappa shape index (κ1) is 16.6. The van der Waals surface area contributed by atoms with Crippen LogP contribution in [-0.4, -0.2) is 27.4 Å². The Morgan fingerprint density at radius 1 is 1.35 bits per heavy atom. The molecule has 7 heteroatoms. The topological polar surface area (TPSA) is 75.3 Å². The molecule has 0 spiro atoms. The van der Waals surface area contributed by atoms with Gasteiger partial charge in [-0.3, -0.25) is 4.79 Å². The van der Waals surface area contributed by atoms with Crippen molar-refractivity contribution in [3.63, 3.8) is 0 Å². The van der Waals surface area contributed by atoms with E-state index in [4.69, 9.17) is 0 Å². The van der Waals surface area contributed by atoms with Crippen molar-refractivity contribution in [2.24, 2.45) is 5.92 Å². The van der Waals surface area contributed by atoms with E-state index in [0.29, 0.717) is 18.0 Å². The second-order valence-electron chi connectivity index (χ2n) is 4.91. The van der Waals surface area contributed by atoms with Gasteiger partial charge in [-0.25, -0.2) is 17.5 Å². The van der Waals surface area contributed by atoms with Crippen LogP contribution < -0.4 is 10.0 Å². The Kier molecular flexibility index (Phi) is 6.09. The van der Waals surface area contributed by atoms with Gasteiger partial charge in [0.05, 0.1) is 12.3 Å². The van der Waals surface area contributed by atoms with Crippen molar-refractivity contribution in [2.75, 3.05) is 13.1 Å². The molecule has 0 heterocycles. The molecule has 5 nitrogen and oxygen atoms in total. The molecule has 1 aromatic carbocycles. The second kappa shape index (κ2) is 7.35. The normalized spacial score (nSPS) is 11.6. The minimum absolute atomic E-state index is 0.294. The summed E-state index contributed by atoms with van der Waals surface area (Å²) in [6, 6.07) is 5.34.